The van der Waals surface area contributed by atoms with Crippen molar-refractivity contribution >= 4 is 11.9 Å². The predicted molar refractivity (Wildman–Crippen MR) is 117 cm³/mol. The van der Waals surface area contributed by atoms with Crippen molar-refractivity contribution in [2.24, 2.45) is 12.0 Å². The van der Waals surface area contributed by atoms with Crippen LogP contribution in [0.25, 0.3) is 16.8 Å². The zero-order valence-corrected chi connectivity index (χ0v) is 16.7. The normalized spacial score (nSPS) is 17.6. The summed E-state index contributed by atoms with van der Waals surface area (Å²) in [6.07, 6.45) is 15.1. The maximum atomic E-state index is 4.24. The molecule has 0 spiro atoms. The van der Waals surface area contributed by atoms with E-state index in [1.54, 1.807) is 0 Å². The smallest absolute Gasteiger partial charge is 0.0492 e. The molecule has 0 aliphatic carbocycles. The minimum absolute atomic E-state index is 0.242. The minimum Gasteiger partial charge on any atom is -0.378 e. The number of rotatable bonds is 6. The first kappa shape index (κ1) is 19.0. The van der Waals surface area contributed by atoms with Gasteiger partial charge in [-0.15, -0.1) is 0 Å². The molecule has 1 unspecified atom stereocenters. The SMILES string of the molecule is CCC/C=C(\C=NC)C1=CC=C(c2cccc(-c3ccn(C)c3)c2)NC1C. The van der Waals surface area contributed by atoms with Crippen LogP contribution in [0.3, 0.4) is 0 Å². The molecular weight excluding hydrogens is 330 g/mol. The molecule has 0 amide bonds. The van der Waals surface area contributed by atoms with Gasteiger partial charge in [0, 0.05) is 44.4 Å². The molecule has 0 saturated carbocycles. The Labute approximate surface area is 162 Å². The second kappa shape index (κ2) is 8.72. The number of nitrogens with one attached hydrogen (secondary N) is 1. The van der Waals surface area contributed by atoms with Crippen LogP contribution < -0.4 is 5.32 Å². The zero-order valence-electron chi connectivity index (χ0n) is 16.7. The van der Waals surface area contributed by atoms with Gasteiger partial charge in [-0.05, 0) is 59.4 Å². The number of benzene rings is 1. The second-order valence-corrected chi connectivity index (χ2v) is 7.05. The quantitative estimate of drug-likeness (QED) is 0.690. The fourth-order valence-corrected chi connectivity index (χ4v) is 3.43. The molecule has 1 aliphatic rings. The first-order valence-electron chi connectivity index (χ1n) is 9.66. The third-order valence-corrected chi connectivity index (χ3v) is 4.86. The van der Waals surface area contributed by atoms with Crippen LogP contribution in [0.15, 0.2) is 77.1 Å². The number of aryl methyl sites for hydroxylation is 1. The molecule has 140 valence electrons. The lowest BCUT2D eigenvalue weighted by Gasteiger charge is -2.25. The number of allylic oxidation sites excluding steroid dienone is 3. The Kier molecular flexibility index (Phi) is 6.12. The molecule has 1 aromatic heterocycles. The van der Waals surface area contributed by atoms with Crippen LogP contribution >= 0.6 is 0 Å². The Morgan fingerprint density at radius 3 is 2.67 bits per heavy atom. The van der Waals surface area contributed by atoms with Crippen LogP contribution in [0, 0.1) is 0 Å². The van der Waals surface area contributed by atoms with Gasteiger partial charge in [0.1, 0.15) is 0 Å². The Hall–Kier alpha value is -2.81. The molecule has 1 atom stereocenters. The zero-order chi connectivity index (χ0) is 19.2. The van der Waals surface area contributed by atoms with Crippen LogP contribution in [-0.2, 0) is 7.05 Å². The lowest BCUT2D eigenvalue weighted by molar-refractivity contribution is 0.744. The molecule has 1 N–H and O–H groups in total. The highest BCUT2D eigenvalue weighted by Gasteiger charge is 2.17. The Bertz CT molecular complexity index is 909. The fraction of sp³-hybridized carbons (Fsp3) is 0.292. The van der Waals surface area contributed by atoms with E-state index in [1.807, 2.05) is 13.3 Å². The van der Waals surface area contributed by atoms with E-state index in [2.05, 4.69) is 96.7 Å². The highest BCUT2D eigenvalue weighted by molar-refractivity contribution is 5.86. The van der Waals surface area contributed by atoms with E-state index in [1.165, 1.54) is 27.8 Å². The summed E-state index contributed by atoms with van der Waals surface area (Å²) in [7, 11) is 3.88. The lowest BCUT2D eigenvalue weighted by Crippen LogP contribution is -2.30. The largest absolute Gasteiger partial charge is 0.378 e. The number of dihydropyridines is 1. The molecule has 0 bridgehead atoms. The monoisotopic (exact) mass is 359 g/mol. The highest BCUT2D eigenvalue weighted by Crippen LogP contribution is 2.27. The molecule has 3 rings (SSSR count). The topological polar surface area (TPSA) is 29.3 Å². The maximum Gasteiger partial charge on any atom is 0.0492 e. The predicted octanol–water partition coefficient (Wildman–Crippen LogP) is 5.38. The van der Waals surface area contributed by atoms with E-state index in [4.69, 9.17) is 0 Å². The molecule has 0 fully saturated rings. The Balaban J connectivity index is 1.91. The highest BCUT2D eigenvalue weighted by atomic mass is 14.9. The molecule has 2 heterocycles. The van der Waals surface area contributed by atoms with E-state index in [0.29, 0.717) is 0 Å². The van der Waals surface area contributed by atoms with E-state index < -0.39 is 0 Å². The molecule has 2 aromatic rings. The summed E-state index contributed by atoms with van der Waals surface area (Å²) in [5.41, 5.74) is 7.35. The first-order chi connectivity index (χ1) is 13.1. The van der Waals surface area contributed by atoms with Gasteiger partial charge in [0.25, 0.3) is 0 Å². The number of hydrogen-bond donors (Lipinski definition) is 1. The van der Waals surface area contributed by atoms with Gasteiger partial charge in [-0.1, -0.05) is 43.7 Å². The summed E-state index contributed by atoms with van der Waals surface area (Å²) < 4.78 is 2.08. The standard InChI is InChI=1S/C24H29N3/c1-5-6-8-21(16-25-3)23-11-12-24(26-18(23)2)20-10-7-9-19(15-20)22-13-14-27(4)17-22/h7-18,26H,5-6H2,1-4H3/b21-8+,25-16?. The molecule has 3 nitrogen and oxygen atoms in total. The second-order valence-electron chi connectivity index (χ2n) is 7.05. The number of aliphatic imine (C=N–C) groups is 1. The maximum absolute atomic E-state index is 4.24. The van der Waals surface area contributed by atoms with Crippen LogP contribution in [-0.4, -0.2) is 23.9 Å². The van der Waals surface area contributed by atoms with Crippen molar-refractivity contribution in [1.82, 2.24) is 9.88 Å². The summed E-state index contributed by atoms with van der Waals surface area (Å²) >= 11 is 0. The van der Waals surface area contributed by atoms with Gasteiger partial charge in [0.05, 0.1) is 0 Å². The average molecular weight is 360 g/mol. The summed E-state index contributed by atoms with van der Waals surface area (Å²) in [4.78, 5) is 4.24. The molecule has 0 saturated heterocycles. The number of nitrogens with zero attached hydrogens (tertiary/aromatic N) is 2. The van der Waals surface area contributed by atoms with Crippen molar-refractivity contribution in [2.45, 2.75) is 32.7 Å². The summed E-state index contributed by atoms with van der Waals surface area (Å²) in [5, 5.41) is 3.67. The Morgan fingerprint density at radius 1 is 1.19 bits per heavy atom. The molecule has 1 aromatic carbocycles. The molecule has 27 heavy (non-hydrogen) atoms. The van der Waals surface area contributed by atoms with Gasteiger partial charge in [-0.2, -0.15) is 0 Å². The van der Waals surface area contributed by atoms with Crippen molar-refractivity contribution in [2.75, 3.05) is 7.05 Å². The number of unbranched alkanes of at least 4 members (excludes halogenated alkanes) is 1. The van der Waals surface area contributed by atoms with Crippen molar-refractivity contribution in [1.29, 1.82) is 0 Å². The summed E-state index contributed by atoms with van der Waals surface area (Å²) in [6.45, 7) is 4.41. The van der Waals surface area contributed by atoms with E-state index in [0.717, 1.165) is 18.5 Å². The molecule has 0 radical (unpaired) electrons. The number of hydrogen-bond acceptors (Lipinski definition) is 2. The minimum atomic E-state index is 0.242. The first-order valence-corrected chi connectivity index (χ1v) is 9.66. The van der Waals surface area contributed by atoms with Crippen LogP contribution in [0.2, 0.25) is 0 Å². The lowest BCUT2D eigenvalue weighted by atomic mass is 9.94. The molecule has 1 aliphatic heterocycles. The summed E-state index contributed by atoms with van der Waals surface area (Å²) in [6, 6.07) is 11.1. The number of aromatic nitrogens is 1. The van der Waals surface area contributed by atoms with Crippen molar-refractivity contribution in [3.05, 3.63) is 77.7 Å². The van der Waals surface area contributed by atoms with E-state index in [-0.39, 0.29) is 6.04 Å². The van der Waals surface area contributed by atoms with Crippen LogP contribution in [0.1, 0.15) is 32.3 Å². The van der Waals surface area contributed by atoms with Crippen LogP contribution in [0.5, 0.6) is 0 Å². The van der Waals surface area contributed by atoms with Crippen molar-refractivity contribution in [3.63, 3.8) is 0 Å². The van der Waals surface area contributed by atoms with Gasteiger partial charge >= 0.3 is 0 Å². The van der Waals surface area contributed by atoms with E-state index >= 15 is 0 Å². The van der Waals surface area contributed by atoms with Crippen LogP contribution in [0.4, 0.5) is 0 Å². The molecule has 3 heteroatoms. The Morgan fingerprint density at radius 2 is 2.00 bits per heavy atom. The van der Waals surface area contributed by atoms with Gasteiger partial charge < -0.3 is 9.88 Å². The molecular formula is C24H29N3. The van der Waals surface area contributed by atoms with E-state index in [9.17, 15) is 0 Å². The third-order valence-electron chi connectivity index (χ3n) is 4.86. The fourth-order valence-electron chi connectivity index (χ4n) is 3.43. The van der Waals surface area contributed by atoms with Crippen molar-refractivity contribution < 1.29 is 0 Å². The average Bonchev–Trinajstić information content (AvgIpc) is 3.12. The van der Waals surface area contributed by atoms with Gasteiger partial charge in [0.15, 0.2) is 0 Å². The van der Waals surface area contributed by atoms with Gasteiger partial charge in [0.2, 0.25) is 0 Å². The van der Waals surface area contributed by atoms with Gasteiger partial charge in [-0.3, -0.25) is 4.99 Å². The third kappa shape index (κ3) is 4.48. The van der Waals surface area contributed by atoms with Crippen molar-refractivity contribution in [3.8, 4) is 11.1 Å². The van der Waals surface area contributed by atoms with Gasteiger partial charge in [-0.25, -0.2) is 0 Å². The summed E-state index contributed by atoms with van der Waals surface area (Å²) in [5.74, 6) is 0.